The summed E-state index contributed by atoms with van der Waals surface area (Å²) >= 11 is 0. The Hall–Kier alpha value is -5.42. The zero-order valence-corrected chi connectivity index (χ0v) is 40.5. The molecule has 2 saturated heterocycles. The number of aromatic hydroxyl groups is 1. The van der Waals surface area contributed by atoms with Gasteiger partial charge in [-0.05, 0) is 124 Å². The number of Topliss-reactive ketones (excluding diaryl/α,β-unsaturated/α-hetero) is 3. The van der Waals surface area contributed by atoms with Gasteiger partial charge in [-0.25, -0.2) is 4.79 Å². The second-order valence-corrected chi connectivity index (χ2v) is 20.5. The summed E-state index contributed by atoms with van der Waals surface area (Å²) in [7, 11) is 0. The third-order valence-electron chi connectivity index (χ3n) is 14.5. The van der Waals surface area contributed by atoms with Crippen LogP contribution in [0.25, 0.3) is 6.08 Å². The summed E-state index contributed by atoms with van der Waals surface area (Å²) in [6.07, 6.45) is 6.20. The minimum Gasteiger partial charge on any atom is -0.506 e. The van der Waals surface area contributed by atoms with E-state index < -0.39 is 83.3 Å². The Kier molecular flexibility index (Phi) is 13.6. The van der Waals surface area contributed by atoms with Gasteiger partial charge in [0.1, 0.15) is 58.6 Å². The van der Waals surface area contributed by atoms with Crippen molar-refractivity contribution in [2.24, 2.45) is 11.8 Å². The van der Waals surface area contributed by atoms with Gasteiger partial charge < -0.3 is 54.0 Å². The first-order valence-electron chi connectivity index (χ1n) is 23.8. The number of benzene rings is 2. The van der Waals surface area contributed by atoms with Gasteiger partial charge in [-0.2, -0.15) is 0 Å². The third kappa shape index (κ3) is 8.69. The Morgan fingerprint density at radius 2 is 1.61 bits per heavy atom. The average Bonchev–Trinajstić information content (AvgIpc) is 3.46. The van der Waals surface area contributed by atoms with Crippen LogP contribution < -0.4 is 14.2 Å². The number of aliphatic hydroxyl groups is 4. The van der Waals surface area contributed by atoms with Crippen molar-refractivity contribution in [3.8, 4) is 23.0 Å². The van der Waals surface area contributed by atoms with Crippen molar-refractivity contribution < 1.29 is 73.1 Å². The number of esters is 1. The zero-order valence-electron chi connectivity index (χ0n) is 40.5. The fraction of sp³-hybridized carbons (Fsp3) is 0.519. The van der Waals surface area contributed by atoms with E-state index in [9.17, 15) is 39.9 Å². The molecule has 2 aromatic rings. The first-order valence-corrected chi connectivity index (χ1v) is 23.8. The number of rotatable bonds is 16. The lowest BCUT2D eigenvalue weighted by molar-refractivity contribution is -0.277. The fourth-order valence-corrected chi connectivity index (χ4v) is 10.8. The summed E-state index contributed by atoms with van der Waals surface area (Å²) in [5.41, 5.74) is -1.01. The first kappa shape index (κ1) is 50.0. The molecule has 7 aliphatic rings. The van der Waals surface area contributed by atoms with Crippen molar-refractivity contribution in [2.45, 2.75) is 153 Å². The molecule has 9 rings (SSSR count). The standard InChI is InChI=1S/C54H64O15/c1-28(2)11-9-21-52(8)22-20-34-41(57)40-42(58)36-25-32-26-39-51(6,7)69-53(48(32)62,54(36,39)68-47(40)35(46(34)67-52)18-13-29(3)4)23-19-30(5)49(63)64-24-10-12-37(56)31-14-16-33(17-15-31)65-50-45(61)44(60)43(59)38(27-55)66-50/h11,13-17,19-20,22,25,32,38-39,43-45,50,55,57,59-61H,9-10,12,18,21,23-24,26-27H2,1-8H3/b30-19-/t32?,38-,39?,43-,44+,45-,50-,52?,53?,54?/m1/s1. The molecule has 1 saturated carbocycles. The summed E-state index contributed by atoms with van der Waals surface area (Å²) in [4.78, 5) is 56.4. The molecule has 15 nitrogen and oxygen atoms in total. The molecule has 5 N–H and O–H groups in total. The number of aliphatic hydroxyl groups excluding tert-OH is 4. The molecule has 10 atom stereocenters. The highest BCUT2D eigenvalue weighted by atomic mass is 16.7. The van der Waals surface area contributed by atoms with E-state index in [2.05, 4.69) is 6.08 Å². The van der Waals surface area contributed by atoms with Crippen molar-refractivity contribution in [3.63, 3.8) is 0 Å². The van der Waals surface area contributed by atoms with E-state index in [1.54, 1.807) is 19.1 Å². The van der Waals surface area contributed by atoms with Gasteiger partial charge in [-0.1, -0.05) is 35.5 Å². The van der Waals surface area contributed by atoms with Crippen molar-refractivity contribution in [1.82, 2.24) is 0 Å². The predicted molar refractivity (Wildman–Crippen MR) is 252 cm³/mol. The summed E-state index contributed by atoms with van der Waals surface area (Å²) in [6.45, 7) is 14.7. The van der Waals surface area contributed by atoms with E-state index in [4.69, 9.17) is 28.4 Å². The molecular formula is C54H64O15. The molecule has 4 heterocycles. The van der Waals surface area contributed by atoms with Crippen LogP contribution in [-0.2, 0) is 30.2 Å². The molecule has 370 valence electrons. The van der Waals surface area contributed by atoms with Crippen LogP contribution in [0.3, 0.4) is 0 Å². The van der Waals surface area contributed by atoms with Crippen LogP contribution in [0.4, 0.5) is 0 Å². The fourth-order valence-electron chi connectivity index (χ4n) is 10.8. The molecule has 4 bridgehead atoms. The van der Waals surface area contributed by atoms with Crippen LogP contribution >= 0.6 is 0 Å². The van der Waals surface area contributed by atoms with Crippen LogP contribution in [0.15, 0.2) is 76.9 Å². The Labute approximate surface area is 402 Å². The maximum absolute atomic E-state index is 15.1. The molecule has 0 aromatic heterocycles. The molecule has 3 aliphatic carbocycles. The molecule has 69 heavy (non-hydrogen) atoms. The average molecular weight is 953 g/mol. The van der Waals surface area contributed by atoms with Gasteiger partial charge in [-0.15, -0.1) is 0 Å². The molecule has 15 heteroatoms. The van der Waals surface area contributed by atoms with Gasteiger partial charge in [-0.3, -0.25) is 14.4 Å². The number of ketones is 3. The molecule has 3 fully saturated rings. The zero-order chi connectivity index (χ0) is 50.0. The molecular weight excluding hydrogens is 889 g/mol. The Bertz CT molecular complexity index is 2570. The minimum atomic E-state index is -1.72. The minimum absolute atomic E-state index is 0.0168. The lowest BCUT2D eigenvalue weighted by Crippen LogP contribution is -2.72. The number of ether oxygens (including phenoxy) is 6. The third-order valence-corrected chi connectivity index (χ3v) is 14.5. The summed E-state index contributed by atoms with van der Waals surface area (Å²) in [5, 5.41) is 51.8. The number of allylic oxidation sites excluding steroid dienone is 5. The van der Waals surface area contributed by atoms with Gasteiger partial charge in [0.05, 0.1) is 24.4 Å². The van der Waals surface area contributed by atoms with E-state index in [1.165, 1.54) is 29.8 Å². The first-order chi connectivity index (χ1) is 32.6. The second kappa shape index (κ2) is 18.7. The van der Waals surface area contributed by atoms with Crippen molar-refractivity contribution in [2.75, 3.05) is 13.2 Å². The Morgan fingerprint density at radius 3 is 2.29 bits per heavy atom. The largest absolute Gasteiger partial charge is 0.506 e. The molecule has 0 amide bonds. The number of hydrogen-bond acceptors (Lipinski definition) is 15. The van der Waals surface area contributed by atoms with Gasteiger partial charge in [0.2, 0.25) is 6.29 Å². The summed E-state index contributed by atoms with van der Waals surface area (Å²) < 4.78 is 37.6. The number of fused-ring (bicyclic) bond motifs is 2. The lowest BCUT2D eigenvalue weighted by Gasteiger charge is -2.56. The van der Waals surface area contributed by atoms with Crippen LogP contribution in [0.1, 0.15) is 126 Å². The van der Waals surface area contributed by atoms with Crippen molar-refractivity contribution in [1.29, 1.82) is 0 Å². The Morgan fingerprint density at radius 1 is 0.899 bits per heavy atom. The number of phenolic OH excluding ortho intramolecular Hbond substituents is 1. The monoisotopic (exact) mass is 952 g/mol. The van der Waals surface area contributed by atoms with Crippen molar-refractivity contribution in [3.05, 3.63) is 99.2 Å². The van der Waals surface area contributed by atoms with E-state index >= 15 is 4.79 Å². The Balaban J connectivity index is 0.995. The molecule has 2 aromatic carbocycles. The highest BCUT2D eigenvalue weighted by Gasteiger charge is 2.81. The van der Waals surface area contributed by atoms with Crippen LogP contribution in [0, 0.1) is 11.8 Å². The van der Waals surface area contributed by atoms with Crippen LogP contribution in [0.2, 0.25) is 0 Å². The van der Waals surface area contributed by atoms with E-state index in [1.807, 2.05) is 66.7 Å². The van der Waals surface area contributed by atoms with Gasteiger partial charge >= 0.3 is 5.97 Å². The maximum Gasteiger partial charge on any atom is 0.333 e. The summed E-state index contributed by atoms with van der Waals surface area (Å²) in [5.74, 6) is -2.20. The molecule has 5 unspecified atom stereocenters. The van der Waals surface area contributed by atoms with Crippen LogP contribution in [0.5, 0.6) is 23.0 Å². The normalized spacial score (nSPS) is 31.3. The number of hydrogen-bond donors (Lipinski definition) is 5. The topological polar surface area (TPSA) is 225 Å². The molecule has 4 aliphatic heterocycles. The number of phenols is 1. The SMILES string of the molecule is CC(C)=CCCC1(C)C=Cc2c(O)c3c(c(CC=C(C)C)c2O1)OC12C(=CC4CC1C(C)(C)OC2(C/C=C(/C)C(=O)OCCCC(=O)c1ccc(O[C@@H]2O[C@H](CO)[C@@H](O)[C@H](O)[C@H]2O)cc1)C4=O)C3=O. The molecule has 0 radical (unpaired) electrons. The smallest absolute Gasteiger partial charge is 0.333 e. The van der Waals surface area contributed by atoms with E-state index in [0.717, 1.165) is 12.0 Å². The highest BCUT2D eigenvalue weighted by Crippen LogP contribution is 2.68. The summed E-state index contributed by atoms with van der Waals surface area (Å²) in [6, 6.07) is 5.97. The van der Waals surface area contributed by atoms with E-state index in [0.29, 0.717) is 41.7 Å². The maximum atomic E-state index is 15.1. The van der Waals surface area contributed by atoms with Crippen molar-refractivity contribution >= 4 is 29.4 Å². The molecule has 1 spiro atoms. The second-order valence-electron chi connectivity index (χ2n) is 20.5. The quantitative estimate of drug-likeness (QED) is 0.0396. The van der Waals surface area contributed by atoms with Crippen LogP contribution in [-0.4, -0.2) is 115 Å². The predicted octanol–water partition coefficient (Wildman–Crippen LogP) is 6.54. The highest BCUT2D eigenvalue weighted by molar-refractivity contribution is 6.19. The van der Waals surface area contributed by atoms with Gasteiger partial charge in [0.25, 0.3) is 0 Å². The van der Waals surface area contributed by atoms with Gasteiger partial charge in [0.15, 0.2) is 28.6 Å². The number of carbonyl (C=O) groups excluding carboxylic acids is 4. The van der Waals surface area contributed by atoms with Gasteiger partial charge in [0, 0.05) is 47.0 Å². The lowest BCUT2D eigenvalue weighted by atomic mass is 9.51. The number of carbonyl (C=O) groups is 4. The van der Waals surface area contributed by atoms with E-state index in [-0.39, 0.29) is 71.4 Å².